The Hall–Kier alpha value is -3.36. The summed E-state index contributed by atoms with van der Waals surface area (Å²) in [6, 6.07) is 14.3. The number of rotatable bonds is 0. The van der Waals surface area contributed by atoms with E-state index in [1.807, 2.05) is 12.1 Å². The molecule has 158 valence electrons. The number of ether oxygens (including phenoxy) is 4. The van der Waals surface area contributed by atoms with E-state index in [2.05, 4.69) is 10.6 Å². The lowest BCUT2D eigenvalue weighted by atomic mass is 10.3. The number of carbonyl (C=O) groups is 2. The summed E-state index contributed by atoms with van der Waals surface area (Å²) in [6.07, 6.45) is 3.45. The molecular formula is C22H24N2O6. The highest BCUT2D eigenvalue weighted by Crippen LogP contribution is 2.25. The van der Waals surface area contributed by atoms with E-state index in [0.717, 1.165) is 0 Å². The first-order chi connectivity index (χ1) is 14.7. The van der Waals surface area contributed by atoms with Gasteiger partial charge in [-0.25, -0.2) is 0 Å². The van der Waals surface area contributed by atoms with Crippen molar-refractivity contribution < 1.29 is 28.5 Å². The van der Waals surface area contributed by atoms with Crippen molar-refractivity contribution in [3.05, 3.63) is 60.7 Å². The molecule has 0 spiro atoms. The number of amides is 2. The van der Waals surface area contributed by atoms with Crippen LogP contribution in [0.5, 0.6) is 11.5 Å². The summed E-state index contributed by atoms with van der Waals surface area (Å²) in [7, 11) is 0. The van der Waals surface area contributed by atoms with Gasteiger partial charge in [0.2, 0.25) is 11.8 Å². The van der Waals surface area contributed by atoms with Crippen LogP contribution in [-0.2, 0) is 19.1 Å². The summed E-state index contributed by atoms with van der Waals surface area (Å²) in [6.45, 7) is 0.820. The number of anilines is 2. The van der Waals surface area contributed by atoms with Crippen LogP contribution in [0.15, 0.2) is 60.7 Å². The standard InChI is InChI=1S/C22H24N2O6/c25-21-15-27-11-5-6-12-28-16-22(26)24-18-8-2-4-10-20(18)30-14-13-29-19-9-3-1-7-17(19)23-21/h1-10H,11-16H2,(H,23,25)(H,24,26)/b6-5-. The summed E-state index contributed by atoms with van der Waals surface area (Å²) < 4.78 is 22.1. The topological polar surface area (TPSA) is 95.1 Å². The van der Waals surface area contributed by atoms with Crippen molar-refractivity contribution >= 4 is 23.2 Å². The summed E-state index contributed by atoms with van der Waals surface area (Å²) in [5, 5.41) is 5.55. The molecule has 0 saturated heterocycles. The highest BCUT2D eigenvalue weighted by atomic mass is 16.5. The number of fused-ring (bicyclic) bond motifs is 2. The van der Waals surface area contributed by atoms with Gasteiger partial charge in [0.1, 0.15) is 37.9 Å². The Morgan fingerprint density at radius 1 is 0.633 bits per heavy atom. The van der Waals surface area contributed by atoms with Crippen LogP contribution in [-0.4, -0.2) is 51.5 Å². The van der Waals surface area contributed by atoms with Gasteiger partial charge in [0, 0.05) is 0 Å². The van der Waals surface area contributed by atoms with E-state index in [4.69, 9.17) is 18.9 Å². The van der Waals surface area contributed by atoms with Crippen molar-refractivity contribution in [2.45, 2.75) is 0 Å². The Morgan fingerprint density at radius 3 is 1.53 bits per heavy atom. The average molecular weight is 412 g/mol. The normalized spacial score (nSPS) is 17.7. The number of para-hydroxylation sites is 4. The fraction of sp³-hybridized carbons (Fsp3) is 0.273. The number of hydrogen-bond donors (Lipinski definition) is 2. The number of nitrogens with one attached hydrogen (secondary N) is 2. The van der Waals surface area contributed by atoms with Crippen LogP contribution in [0, 0.1) is 0 Å². The Labute approximate surface area is 174 Å². The van der Waals surface area contributed by atoms with Crippen LogP contribution in [0.3, 0.4) is 0 Å². The summed E-state index contributed by atoms with van der Waals surface area (Å²) in [4.78, 5) is 24.2. The molecule has 0 unspecified atom stereocenters. The summed E-state index contributed by atoms with van der Waals surface area (Å²) >= 11 is 0. The third kappa shape index (κ3) is 6.91. The summed E-state index contributed by atoms with van der Waals surface area (Å²) in [5.74, 6) is 0.490. The van der Waals surface area contributed by atoms with E-state index in [1.54, 1.807) is 48.6 Å². The van der Waals surface area contributed by atoms with Gasteiger partial charge < -0.3 is 29.6 Å². The molecule has 0 bridgehead atoms. The predicted octanol–water partition coefficient (Wildman–Crippen LogP) is 2.62. The Bertz CT molecular complexity index is 812. The first-order valence-corrected chi connectivity index (χ1v) is 9.56. The first kappa shape index (κ1) is 21.4. The monoisotopic (exact) mass is 412 g/mol. The molecule has 2 aromatic carbocycles. The molecule has 2 amide bonds. The van der Waals surface area contributed by atoms with Crippen LogP contribution < -0.4 is 20.1 Å². The molecule has 8 nitrogen and oxygen atoms in total. The smallest absolute Gasteiger partial charge is 0.250 e. The van der Waals surface area contributed by atoms with Crippen LogP contribution in [0.1, 0.15) is 0 Å². The molecule has 1 heterocycles. The Kier molecular flexibility index (Phi) is 8.25. The lowest BCUT2D eigenvalue weighted by molar-refractivity contribution is -0.121. The largest absolute Gasteiger partial charge is 0.488 e. The van der Waals surface area contributed by atoms with E-state index >= 15 is 0 Å². The van der Waals surface area contributed by atoms with E-state index < -0.39 is 0 Å². The van der Waals surface area contributed by atoms with E-state index in [1.165, 1.54) is 0 Å². The molecule has 3 rings (SSSR count). The highest BCUT2D eigenvalue weighted by molar-refractivity contribution is 5.93. The molecule has 0 saturated carbocycles. The SMILES string of the molecule is O=C1COC/C=C\COCC(=O)Nc2ccccc2OCCOc2ccccc2N1. The van der Waals surface area contributed by atoms with Gasteiger partial charge in [0.05, 0.1) is 24.6 Å². The van der Waals surface area contributed by atoms with Gasteiger partial charge in [-0.15, -0.1) is 0 Å². The van der Waals surface area contributed by atoms with Gasteiger partial charge in [0.15, 0.2) is 0 Å². The molecule has 1 aliphatic rings. The minimum Gasteiger partial charge on any atom is -0.488 e. The second-order valence-corrected chi connectivity index (χ2v) is 6.29. The second kappa shape index (κ2) is 11.6. The average Bonchev–Trinajstić information content (AvgIpc) is 2.74. The molecule has 2 N–H and O–H groups in total. The lowest BCUT2D eigenvalue weighted by Crippen LogP contribution is -2.20. The maximum Gasteiger partial charge on any atom is 0.250 e. The molecule has 0 atom stereocenters. The maximum atomic E-state index is 12.1. The van der Waals surface area contributed by atoms with Gasteiger partial charge in [-0.3, -0.25) is 9.59 Å². The lowest BCUT2D eigenvalue weighted by Gasteiger charge is -2.15. The predicted molar refractivity (Wildman–Crippen MR) is 112 cm³/mol. The fourth-order valence-corrected chi connectivity index (χ4v) is 2.64. The molecule has 0 fully saturated rings. The van der Waals surface area contributed by atoms with Crippen molar-refractivity contribution in [1.29, 1.82) is 0 Å². The quantitative estimate of drug-likeness (QED) is 0.646. The van der Waals surface area contributed by atoms with Crippen LogP contribution in [0.2, 0.25) is 0 Å². The van der Waals surface area contributed by atoms with Crippen LogP contribution >= 0.6 is 0 Å². The van der Waals surface area contributed by atoms with Crippen molar-refractivity contribution in [2.24, 2.45) is 0 Å². The highest BCUT2D eigenvalue weighted by Gasteiger charge is 2.10. The Balaban J connectivity index is 1.69. The number of hydrogen-bond acceptors (Lipinski definition) is 6. The first-order valence-electron chi connectivity index (χ1n) is 9.56. The van der Waals surface area contributed by atoms with E-state index in [9.17, 15) is 9.59 Å². The third-order valence-electron chi connectivity index (χ3n) is 3.98. The number of carbonyl (C=O) groups excluding carboxylic acids is 2. The van der Waals surface area contributed by atoms with Gasteiger partial charge in [-0.05, 0) is 24.3 Å². The van der Waals surface area contributed by atoms with Crippen molar-refractivity contribution in [2.75, 3.05) is 50.3 Å². The minimum absolute atomic E-state index is 0.0954. The molecule has 1 aliphatic heterocycles. The summed E-state index contributed by atoms with van der Waals surface area (Å²) in [5.41, 5.74) is 1.11. The maximum absolute atomic E-state index is 12.1. The molecule has 0 radical (unpaired) electrons. The van der Waals surface area contributed by atoms with Gasteiger partial charge in [-0.1, -0.05) is 36.4 Å². The van der Waals surface area contributed by atoms with Gasteiger partial charge >= 0.3 is 0 Å². The third-order valence-corrected chi connectivity index (χ3v) is 3.98. The van der Waals surface area contributed by atoms with E-state index in [0.29, 0.717) is 22.9 Å². The Morgan fingerprint density at radius 2 is 1.07 bits per heavy atom. The van der Waals surface area contributed by atoms with Gasteiger partial charge in [-0.2, -0.15) is 0 Å². The van der Waals surface area contributed by atoms with Crippen molar-refractivity contribution in [3.63, 3.8) is 0 Å². The van der Waals surface area contributed by atoms with Crippen molar-refractivity contribution in [1.82, 2.24) is 0 Å². The zero-order valence-electron chi connectivity index (χ0n) is 16.5. The van der Waals surface area contributed by atoms with Crippen molar-refractivity contribution in [3.8, 4) is 11.5 Å². The minimum atomic E-state index is -0.285. The number of benzene rings is 2. The van der Waals surface area contributed by atoms with Crippen LogP contribution in [0.4, 0.5) is 11.4 Å². The fourth-order valence-electron chi connectivity index (χ4n) is 2.64. The molecule has 0 aliphatic carbocycles. The molecular weight excluding hydrogens is 388 g/mol. The van der Waals surface area contributed by atoms with Gasteiger partial charge in [0.25, 0.3) is 0 Å². The molecule has 0 aromatic heterocycles. The van der Waals surface area contributed by atoms with E-state index in [-0.39, 0.29) is 51.5 Å². The zero-order valence-corrected chi connectivity index (χ0v) is 16.5. The molecule has 2 aromatic rings. The molecule has 30 heavy (non-hydrogen) atoms. The molecule has 8 heteroatoms. The zero-order chi connectivity index (χ0) is 21.0. The van der Waals surface area contributed by atoms with Crippen LogP contribution in [0.25, 0.3) is 0 Å². The second-order valence-electron chi connectivity index (χ2n) is 6.29.